The highest BCUT2D eigenvalue weighted by atomic mass is 32.1. The minimum Gasteiger partial charge on any atom is -0.255 e. The van der Waals surface area contributed by atoms with Gasteiger partial charge in [0.2, 0.25) is 0 Å². The Morgan fingerprint density at radius 2 is 0.977 bits per heavy atom. The smallest absolute Gasteiger partial charge is 0.160 e. The Labute approximate surface area is 253 Å². The van der Waals surface area contributed by atoms with Crippen LogP contribution in [0.3, 0.4) is 0 Å². The van der Waals surface area contributed by atoms with Crippen LogP contribution in [-0.4, -0.2) is 15.0 Å². The maximum absolute atomic E-state index is 4.97. The van der Waals surface area contributed by atoms with Gasteiger partial charge in [-0.3, -0.25) is 4.98 Å². The molecule has 0 saturated carbocycles. The summed E-state index contributed by atoms with van der Waals surface area (Å²) in [6.45, 7) is 0. The SMILES string of the molecule is c1ccc(-c2cc(-c3ccc(-c4ccc(-c5ccnc6c5sc5ccccc56)cc4)cc3)nc(-c3ccccc3)n2)cc1. The lowest BCUT2D eigenvalue weighted by atomic mass is 9.99. The molecule has 0 bridgehead atoms. The normalized spacial score (nSPS) is 11.3. The predicted molar refractivity (Wildman–Crippen MR) is 180 cm³/mol. The quantitative estimate of drug-likeness (QED) is 0.208. The summed E-state index contributed by atoms with van der Waals surface area (Å²) in [4.78, 5) is 14.6. The standard InChI is InChI=1S/C39H25N3S/c1-3-9-29(10-4-1)34-25-35(42-39(41-34)31-11-5-2-6-12-31)30-21-17-27(18-22-30)26-15-19-28(20-16-26)32-23-24-40-37-33-13-7-8-14-36(33)43-38(32)37/h1-25H. The lowest BCUT2D eigenvalue weighted by Crippen LogP contribution is -1.95. The zero-order chi connectivity index (χ0) is 28.6. The van der Waals surface area contributed by atoms with Gasteiger partial charge in [0.05, 0.1) is 21.6 Å². The van der Waals surface area contributed by atoms with Crippen molar-refractivity contribution >= 4 is 31.6 Å². The molecular formula is C39H25N3S. The number of hydrogen-bond donors (Lipinski definition) is 0. The minimum absolute atomic E-state index is 0.723. The van der Waals surface area contributed by atoms with Gasteiger partial charge in [0.1, 0.15) is 0 Å². The molecule has 5 aromatic carbocycles. The molecule has 43 heavy (non-hydrogen) atoms. The van der Waals surface area contributed by atoms with Crippen LogP contribution in [0.4, 0.5) is 0 Å². The van der Waals surface area contributed by atoms with Crippen molar-refractivity contribution in [2.75, 3.05) is 0 Å². The van der Waals surface area contributed by atoms with Crippen LogP contribution in [0.2, 0.25) is 0 Å². The van der Waals surface area contributed by atoms with Gasteiger partial charge in [-0.15, -0.1) is 11.3 Å². The summed E-state index contributed by atoms with van der Waals surface area (Å²) in [5.41, 5.74) is 10.8. The maximum atomic E-state index is 4.97. The molecule has 4 heteroatoms. The fraction of sp³-hybridized carbons (Fsp3) is 0. The Kier molecular flexibility index (Phi) is 6.32. The molecule has 0 amide bonds. The van der Waals surface area contributed by atoms with E-state index in [1.807, 2.05) is 53.9 Å². The van der Waals surface area contributed by atoms with Crippen molar-refractivity contribution in [1.29, 1.82) is 0 Å². The first kappa shape index (κ1) is 25.3. The van der Waals surface area contributed by atoms with Gasteiger partial charge in [-0.25, -0.2) is 9.97 Å². The highest BCUT2D eigenvalue weighted by molar-refractivity contribution is 7.26. The predicted octanol–water partition coefficient (Wildman–Crippen LogP) is 10.6. The molecule has 0 aliphatic rings. The topological polar surface area (TPSA) is 38.7 Å². The van der Waals surface area contributed by atoms with Gasteiger partial charge in [-0.2, -0.15) is 0 Å². The van der Waals surface area contributed by atoms with E-state index in [4.69, 9.17) is 15.0 Å². The van der Waals surface area contributed by atoms with Gasteiger partial charge >= 0.3 is 0 Å². The van der Waals surface area contributed by atoms with Crippen LogP contribution in [0.15, 0.2) is 152 Å². The van der Waals surface area contributed by atoms with Gasteiger partial charge in [-0.05, 0) is 34.9 Å². The molecule has 0 spiro atoms. The number of thiophene rings is 1. The van der Waals surface area contributed by atoms with Crippen LogP contribution < -0.4 is 0 Å². The zero-order valence-electron chi connectivity index (χ0n) is 23.2. The van der Waals surface area contributed by atoms with Gasteiger partial charge in [0.15, 0.2) is 5.82 Å². The van der Waals surface area contributed by atoms with Crippen molar-refractivity contribution in [3.05, 3.63) is 152 Å². The average molecular weight is 568 g/mol. The second-order valence-electron chi connectivity index (χ2n) is 10.5. The minimum atomic E-state index is 0.723. The number of benzene rings is 5. The molecule has 0 aliphatic heterocycles. The second kappa shape index (κ2) is 10.8. The third kappa shape index (κ3) is 4.78. The molecule has 0 radical (unpaired) electrons. The van der Waals surface area contributed by atoms with Gasteiger partial charge < -0.3 is 0 Å². The summed E-state index contributed by atoms with van der Waals surface area (Å²) >= 11 is 1.81. The fourth-order valence-electron chi connectivity index (χ4n) is 5.58. The van der Waals surface area contributed by atoms with E-state index in [0.29, 0.717) is 0 Å². The molecule has 0 N–H and O–H groups in total. The number of pyridine rings is 1. The van der Waals surface area contributed by atoms with E-state index in [-0.39, 0.29) is 0 Å². The van der Waals surface area contributed by atoms with Crippen LogP contribution in [-0.2, 0) is 0 Å². The van der Waals surface area contributed by atoms with E-state index in [2.05, 4.69) is 109 Å². The Hall–Kier alpha value is -5.45. The lowest BCUT2D eigenvalue weighted by molar-refractivity contribution is 1.18. The first-order valence-corrected chi connectivity index (χ1v) is 15.1. The van der Waals surface area contributed by atoms with Gasteiger partial charge in [0.25, 0.3) is 0 Å². The lowest BCUT2D eigenvalue weighted by Gasteiger charge is -2.10. The molecule has 8 rings (SSSR count). The first-order valence-electron chi connectivity index (χ1n) is 14.3. The molecule has 3 nitrogen and oxygen atoms in total. The fourth-order valence-corrected chi connectivity index (χ4v) is 6.77. The van der Waals surface area contributed by atoms with Crippen molar-refractivity contribution in [2.45, 2.75) is 0 Å². The van der Waals surface area contributed by atoms with Crippen molar-refractivity contribution in [3.8, 4) is 56.2 Å². The molecule has 0 fully saturated rings. The Bertz CT molecular complexity index is 2150. The number of aromatic nitrogens is 3. The summed E-state index contributed by atoms with van der Waals surface area (Å²) in [6.07, 6.45) is 1.92. The third-order valence-electron chi connectivity index (χ3n) is 7.80. The van der Waals surface area contributed by atoms with Crippen molar-refractivity contribution in [2.24, 2.45) is 0 Å². The second-order valence-corrected chi connectivity index (χ2v) is 11.5. The van der Waals surface area contributed by atoms with Crippen LogP contribution in [0, 0.1) is 0 Å². The van der Waals surface area contributed by atoms with Gasteiger partial charge in [0, 0.05) is 38.5 Å². The molecule has 3 heterocycles. The summed E-state index contributed by atoms with van der Waals surface area (Å²) in [5, 5.41) is 1.22. The Morgan fingerprint density at radius 1 is 0.442 bits per heavy atom. The first-order chi connectivity index (χ1) is 21.3. The van der Waals surface area contributed by atoms with Crippen LogP contribution in [0.25, 0.3) is 76.5 Å². The number of fused-ring (bicyclic) bond motifs is 3. The molecule has 0 atom stereocenters. The number of hydrogen-bond acceptors (Lipinski definition) is 4. The van der Waals surface area contributed by atoms with Crippen LogP contribution in [0.1, 0.15) is 0 Å². The molecule has 0 aliphatic carbocycles. The van der Waals surface area contributed by atoms with E-state index in [1.54, 1.807) is 0 Å². The van der Waals surface area contributed by atoms with Gasteiger partial charge in [-0.1, -0.05) is 127 Å². The molecule has 8 aromatic rings. The average Bonchev–Trinajstić information content (AvgIpc) is 3.48. The molecular weight excluding hydrogens is 543 g/mol. The Morgan fingerprint density at radius 3 is 1.65 bits per heavy atom. The van der Waals surface area contributed by atoms with E-state index < -0.39 is 0 Å². The highest BCUT2D eigenvalue weighted by Crippen LogP contribution is 2.39. The van der Waals surface area contributed by atoms with E-state index in [1.165, 1.54) is 31.5 Å². The molecule has 0 saturated heterocycles. The summed E-state index contributed by atoms with van der Waals surface area (Å²) in [5.74, 6) is 0.723. The van der Waals surface area contributed by atoms with Crippen molar-refractivity contribution in [3.63, 3.8) is 0 Å². The maximum Gasteiger partial charge on any atom is 0.160 e. The summed E-state index contributed by atoms with van der Waals surface area (Å²) in [7, 11) is 0. The zero-order valence-corrected chi connectivity index (χ0v) is 24.0. The Balaban J connectivity index is 1.13. The van der Waals surface area contributed by atoms with E-state index in [0.717, 1.165) is 45.0 Å². The van der Waals surface area contributed by atoms with Crippen molar-refractivity contribution in [1.82, 2.24) is 15.0 Å². The summed E-state index contributed by atoms with van der Waals surface area (Å²) in [6, 6.07) is 50.6. The third-order valence-corrected chi connectivity index (χ3v) is 8.99. The number of rotatable bonds is 5. The van der Waals surface area contributed by atoms with Crippen LogP contribution in [0.5, 0.6) is 0 Å². The van der Waals surface area contributed by atoms with E-state index >= 15 is 0 Å². The summed E-state index contributed by atoms with van der Waals surface area (Å²) < 4.78 is 2.50. The largest absolute Gasteiger partial charge is 0.255 e. The molecule has 3 aromatic heterocycles. The monoisotopic (exact) mass is 567 g/mol. The molecule has 202 valence electrons. The number of nitrogens with zero attached hydrogens (tertiary/aromatic N) is 3. The highest BCUT2D eigenvalue weighted by Gasteiger charge is 2.13. The van der Waals surface area contributed by atoms with Crippen molar-refractivity contribution < 1.29 is 0 Å². The molecule has 0 unspecified atom stereocenters. The van der Waals surface area contributed by atoms with Crippen LogP contribution >= 0.6 is 11.3 Å². The van der Waals surface area contributed by atoms with E-state index in [9.17, 15) is 0 Å².